The van der Waals surface area contributed by atoms with Crippen molar-refractivity contribution >= 4 is 45.5 Å². The molecule has 0 bridgehead atoms. The molecule has 0 N–H and O–H groups in total. The Labute approximate surface area is 75.2 Å². The molecule has 4 nitrogen and oxygen atoms in total. The summed E-state index contributed by atoms with van der Waals surface area (Å²) in [6, 6.07) is 0. The minimum absolute atomic E-state index is 0. The molecule has 0 aliphatic rings. The molecule has 0 saturated carbocycles. The number of hydrogen-bond acceptors (Lipinski definition) is 4. The third kappa shape index (κ3) is 43.9. The number of rotatable bonds is 0. The van der Waals surface area contributed by atoms with E-state index in [1.165, 1.54) is 0 Å². The normalized spacial score (nSPS) is 9.67. The van der Waals surface area contributed by atoms with Crippen LogP contribution in [0.3, 0.4) is 0 Å². The zero-order valence-electron chi connectivity index (χ0n) is 2.75. The largest absolute Gasteiger partial charge is 2.00 e. The molecule has 0 fully saturated rings. The Kier molecular flexibility index (Phi) is 6.49. The van der Waals surface area contributed by atoms with Crippen molar-refractivity contribution in [2.75, 3.05) is 0 Å². The average molecular weight is 248 g/mol. The number of hydrogen-bond donors (Lipinski definition) is 0. The quantitative estimate of drug-likeness (QED) is 0.427. The molecule has 0 rings (SSSR count). The van der Waals surface area contributed by atoms with Gasteiger partial charge in [0.2, 0.25) is 0 Å². The van der Waals surface area contributed by atoms with Gasteiger partial charge >= 0.3 is 76.5 Å². The Balaban J connectivity index is 0. The van der Waals surface area contributed by atoms with E-state index in [-0.39, 0.29) is 45.5 Å². The van der Waals surface area contributed by atoms with Crippen LogP contribution < -0.4 is 7.52 Å². The molecule has 0 aromatic rings. The monoisotopic (exact) mass is 250 g/mol. The van der Waals surface area contributed by atoms with Crippen LogP contribution in [0.2, 0.25) is 0 Å². The first kappa shape index (κ1) is 10.6. The van der Waals surface area contributed by atoms with Gasteiger partial charge in [0.05, 0.1) is 0 Å². The van der Waals surface area contributed by atoms with Crippen molar-refractivity contribution in [3.63, 3.8) is 0 Å². The van der Waals surface area contributed by atoms with Crippen molar-refractivity contribution in [2.24, 2.45) is 0 Å². The van der Waals surface area contributed by atoms with Gasteiger partial charge in [0.1, 0.15) is 0 Å². The molecule has 0 radical (unpaired) electrons. The molecule has 0 heterocycles. The summed E-state index contributed by atoms with van der Waals surface area (Å²) in [5.41, 5.74) is 0. The molecule has 0 aliphatic heterocycles. The van der Waals surface area contributed by atoms with Gasteiger partial charge in [-0.2, -0.15) is 0 Å². The van der Waals surface area contributed by atoms with Crippen molar-refractivity contribution in [1.82, 2.24) is 0 Å². The Morgan fingerprint density at radius 3 is 1.17 bits per heavy atom. The zero-order chi connectivity index (χ0) is 4.50. The van der Waals surface area contributed by atoms with E-state index in [0.29, 0.717) is 0 Å². The van der Waals surface area contributed by atoms with Crippen molar-refractivity contribution in [3.8, 4) is 0 Å². The topological polar surface area (TPSA) is 80.3 Å². The van der Waals surface area contributed by atoms with Gasteiger partial charge < -0.3 is 0 Å². The summed E-state index contributed by atoms with van der Waals surface area (Å²) in [6.07, 6.45) is 0. The first-order chi connectivity index (χ1) is 2.00. The summed E-state index contributed by atoms with van der Waals surface area (Å²) >= 11 is -6.02. The van der Waals surface area contributed by atoms with Crippen LogP contribution in [0.15, 0.2) is 0 Å². The Morgan fingerprint density at radius 1 is 1.17 bits per heavy atom. The maximum atomic E-state index is 8.63. The molecule has 6 heavy (non-hydrogen) atoms. The third-order valence-electron chi connectivity index (χ3n) is 0. The average Bonchev–Trinajstić information content (AvgIpc) is 0.722. The van der Waals surface area contributed by atoms with E-state index in [1.807, 2.05) is 0 Å². The van der Waals surface area contributed by atoms with Crippen LogP contribution in [0.4, 0.5) is 0 Å². The smallest absolute Gasteiger partial charge is 2.00 e. The third-order valence-corrected chi connectivity index (χ3v) is 0. The fraction of sp³-hybridized carbons (Fsp3) is 0. The molecule has 0 saturated heterocycles. The maximum Gasteiger partial charge on any atom is 2.00 e. The molecule has 32 valence electrons. The van der Waals surface area contributed by atoms with Gasteiger partial charge in [-0.25, -0.2) is 0 Å². The van der Waals surface area contributed by atoms with Crippen molar-refractivity contribution in [2.45, 2.75) is 0 Å². The second kappa shape index (κ2) is 3.66. The summed E-state index contributed by atoms with van der Waals surface area (Å²) < 4.78 is 34.5. The molecule has 0 aromatic carbocycles. The van der Waals surface area contributed by atoms with Crippen LogP contribution >= 0.6 is 0 Å². The molecule has 6 heteroatoms. The molecule has 0 aromatic heterocycles. The van der Waals surface area contributed by atoms with Crippen LogP contribution in [0, 0.1) is 0 Å². The fourth-order valence-corrected chi connectivity index (χ4v) is 0. The van der Waals surface area contributed by atoms with Crippen LogP contribution in [-0.4, -0.2) is 45.5 Å². The Morgan fingerprint density at radius 2 is 1.17 bits per heavy atom. The second-order valence-corrected chi connectivity index (χ2v) is 2.42. The standard InChI is InChI=1S/Mo.4O.Sr/q;;;2*-1;+2. The van der Waals surface area contributed by atoms with Crippen LogP contribution in [0.25, 0.3) is 0 Å². The minimum atomic E-state index is -6.02. The predicted octanol–water partition coefficient (Wildman–Crippen LogP) is -3.00. The second-order valence-electron chi connectivity index (χ2n) is 0.408. The molecule has 0 aliphatic carbocycles. The van der Waals surface area contributed by atoms with E-state index in [1.54, 1.807) is 0 Å². The summed E-state index contributed by atoms with van der Waals surface area (Å²) in [7, 11) is 0. The molecular formula is MoO4Sr. The van der Waals surface area contributed by atoms with Crippen molar-refractivity contribution in [3.05, 3.63) is 0 Å². The van der Waals surface area contributed by atoms with Gasteiger partial charge in [0, 0.05) is 0 Å². The predicted molar refractivity (Wildman–Crippen MR) is 7.13 cm³/mol. The molecule has 0 atom stereocenters. The van der Waals surface area contributed by atoms with Crippen LogP contribution in [0.1, 0.15) is 0 Å². The van der Waals surface area contributed by atoms with Crippen molar-refractivity contribution in [1.29, 1.82) is 0 Å². The summed E-state index contributed by atoms with van der Waals surface area (Å²) in [4.78, 5) is 0. The van der Waals surface area contributed by atoms with E-state index in [2.05, 4.69) is 0 Å². The molecule has 0 unspecified atom stereocenters. The Bertz CT molecular complexity index is 90.7. The van der Waals surface area contributed by atoms with Gasteiger partial charge in [-0.1, -0.05) is 0 Å². The first-order valence-corrected chi connectivity index (χ1v) is 3.94. The van der Waals surface area contributed by atoms with Crippen LogP contribution in [0.5, 0.6) is 0 Å². The summed E-state index contributed by atoms with van der Waals surface area (Å²) in [6.45, 7) is 0. The van der Waals surface area contributed by atoms with E-state index >= 15 is 0 Å². The van der Waals surface area contributed by atoms with Gasteiger partial charge in [-0.3, -0.25) is 0 Å². The minimum Gasteiger partial charge on any atom is 2.00 e. The van der Waals surface area contributed by atoms with Gasteiger partial charge in [0.25, 0.3) is 0 Å². The zero-order valence-corrected chi connectivity index (χ0v) is 8.23. The summed E-state index contributed by atoms with van der Waals surface area (Å²) in [5.74, 6) is 0. The maximum absolute atomic E-state index is 8.63. The fourth-order valence-electron chi connectivity index (χ4n) is 0. The Hall–Kier alpha value is 1.69. The van der Waals surface area contributed by atoms with E-state index in [4.69, 9.17) is 14.3 Å². The van der Waals surface area contributed by atoms with E-state index in [9.17, 15) is 0 Å². The van der Waals surface area contributed by atoms with Crippen LogP contribution in [-0.2, 0) is 23.5 Å². The van der Waals surface area contributed by atoms with Crippen molar-refractivity contribution < 1.29 is 31.1 Å². The SMILES string of the molecule is [O]=[Mo](=[O])([O-])[O-].[Sr+2]. The van der Waals surface area contributed by atoms with E-state index < -0.39 is 16.7 Å². The first-order valence-electron chi connectivity index (χ1n) is 0.667. The van der Waals surface area contributed by atoms with Gasteiger partial charge in [-0.05, 0) is 0 Å². The molecule has 0 amide bonds. The molecule has 0 spiro atoms. The molecular weight excluding hydrogens is 248 g/mol. The van der Waals surface area contributed by atoms with E-state index in [0.717, 1.165) is 0 Å². The summed E-state index contributed by atoms with van der Waals surface area (Å²) in [5, 5.41) is 0. The van der Waals surface area contributed by atoms with Gasteiger partial charge in [-0.15, -0.1) is 0 Å². The van der Waals surface area contributed by atoms with Gasteiger partial charge in [0.15, 0.2) is 0 Å².